The monoisotopic (exact) mass is 798 g/mol. The van der Waals surface area contributed by atoms with Crippen molar-refractivity contribution in [2.45, 2.75) is 113 Å². The molecule has 272 valence electrons. The number of hydrogen-bond acceptors (Lipinski definition) is 0. The van der Waals surface area contributed by atoms with Crippen molar-refractivity contribution in [1.29, 1.82) is 0 Å². The number of benzene rings is 4. The first-order chi connectivity index (χ1) is 22.8. The summed E-state index contributed by atoms with van der Waals surface area (Å²) in [7, 11) is 0. The normalized spacial score (nSPS) is 16.1. The van der Waals surface area contributed by atoms with Crippen molar-refractivity contribution >= 4 is 38.8 Å². The third kappa shape index (κ3) is 6.95. The molecule has 2 aliphatic rings. The van der Waals surface area contributed by atoms with E-state index in [-0.39, 0.29) is 41.1 Å². The van der Waals surface area contributed by atoms with Crippen LogP contribution < -0.4 is 9.81 Å². The average molecular weight is 801 g/mol. The first-order valence-electron chi connectivity index (χ1n) is 18.7. The number of aryl methyl sites for hydroxylation is 2. The number of rotatable bonds is 6. The third-order valence-electron chi connectivity index (χ3n) is 11.9. The van der Waals surface area contributed by atoms with E-state index in [1.165, 1.54) is 56.6 Å². The molecule has 0 N–H and O–H groups in total. The van der Waals surface area contributed by atoms with Crippen LogP contribution in [0.5, 0.6) is 0 Å². The van der Waals surface area contributed by atoms with Crippen molar-refractivity contribution in [3.63, 3.8) is 0 Å². The predicted octanol–water partition coefficient (Wildman–Crippen LogP) is 12.0. The number of halogens is 2. The van der Waals surface area contributed by atoms with Crippen molar-refractivity contribution in [3.05, 3.63) is 133 Å². The summed E-state index contributed by atoms with van der Waals surface area (Å²) in [5.74, 6) is 0.357. The molecule has 0 radical (unpaired) electrons. The van der Waals surface area contributed by atoms with E-state index in [1.807, 2.05) is 0 Å². The summed E-state index contributed by atoms with van der Waals surface area (Å²) in [6.07, 6.45) is 8.53. The van der Waals surface area contributed by atoms with Gasteiger partial charge in [-0.05, 0) is 0 Å². The van der Waals surface area contributed by atoms with Gasteiger partial charge in [0.15, 0.2) is 0 Å². The van der Waals surface area contributed by atoms with E-state index < -0.39 is 18.3 Å². The van der Waals surface area contributed by atoms with Crippen LogP contribution in [0.25, 0.3) is 11.1 Å². The van der Waals surface area contributed by atoms with Crippen LogP contribution in [0, 0.1) is 25.2 Å². The third-order valence-corrected chi connectivity index (χ3v) is 28.2. The molecule has 0 saturated heterocycles. The topological polar surface area (TPSA) is 0 Å². The van der Waals surface area contributed by atoms with Gasteiger partial charge in [0.05, 0.1) is 0 Å². The van der Waals surface area contributed by atoms with E-state index >= 15 is 0 Å². The Balaban J connectivity index is 0.00000292. The Morgan fingerprint density at radius 1 is 0.647 bits per heavy atom. The van der Waals surface area contributed by atoms with Crippen molar-refractivity contribution in [2.75, 3.05) is 0 Å². The molecule has 2 aliphatic carbocycles. The fraction of sp³-hybridized carbons (Fsp3) is 0.396. The van der Waals surface area contributed by atoms with Gasteiger partial charge in [-0.2, -0.15) is 0 Å². The molecule has 1 unspecified atom stereocenters. The molecule has 51 heavy (non-hydrogen) atoms. The molecule has 4 aromatic carbocycles. The molecule has 4 aromatic rings. The van der Waals surface area contributed by atoms with E-state index in [0.29, 0.717) is 5.92 Å². The molecule has 0 bridgehead atoms. The number of hydrogen-bond donors (Lipinski definition) is 0. The molecule has 0 fully saturated rings. The van der Waals surface area contributed by atoms with Crippen LogP contribution in [0.1, 0.15) is 115 Å². The van der Waals surface area contributed by atoms with Gasteiger partial charge in [-0.3, -0.25) is 0 Å². The molecule has 0 spiro atoms. The quantitative estimate of drug-likeness (QED) is 0.160. The molecule has 1 atom stereocenters. The minimum atomic E-state index is -5.02. The fourth-order valence-electron chi connectivity index (χ4n) is 8.69. The molecule has 0 heterocycles. The number of fused-ring (bicyclic) bond motifs is 3. The summed E-state index contributed by atoms with van der Waals surface area (Å²) in [6.45, 7) is 28.1. The Kier molecular flexibility index (Phi) is 11.5. The standard InChI is InChI=1S/C21H25.C12H19.2C7H7.CH2.2ClH.Zr/c1-20(2,3)16-9-7-14-11-15-8-10-17(21(4,5)6)13-19(15)18(14)12-16;1-5-6-10-7-8-11(9-10)12(2,3)4;2*1-7-5-3-2-4-6-7;;;;/h7,9-10,12-13H,11H2,1-6H3;8-10H,5-6H2,1-4H3;2*3-6H,1H3;1H2;2*1H;. The van der Waals surface area contributed by atoms with Gasteiger partial charge in [0.1, 0.15) is 0 Å². The molecule has 0 saturated carbocycles. The van der Waals surface area contributed by atoms with Gasteiger partial charge >= 0.3 is 301 Å². The van der Waals surface area contributed by atoms with Crippen LogP contribution in [0.4, 0.5) is 0 Å². The summed E-state index contributed by atoms with van der Waals surface area (Å²) >= 11 is -5.02. The molecule has 0 aromatic heterocycles. The molecule has 6 rings (SSSR count). The van der Waals surface area contributed by atoms with Crippen LogP contribution >= 0.6 is 24.8 Å². The Bertz CT molecular complexity index is 2000. The van der Waals surface area contributed by atoms with Crippen LogP contribution in [0.2, 0.25) is 0 Å². The summed E-state index contributed by atoms with van der Waals surface area (Å²) in [4.78, 5) is 0. The average Bonchev–Trinajstić information content (AvgIpc) is 3.62. The van der Waals surface area contributed by atoms with Gasteiger partial charge in [-0.1, -0.05) is 0 Å². The van der Waals surface area contributed by atoms with Crippen LogP contribution in [0.15, 0.2) is 99.9 Å². The van der Waals surface area contributed by atoms with Gasteiger partial charge in [0.25, 0.3) is 0 Å². The second-order valence-electron chi connectivity index (χ2n) is 18.7. The zero-order chi connectivity index (χ0) is 35.8. The summed E-state index contributed by atoms with van der Waals surface area (Å²) in [5.41, 5.74) is 12.8. The maximum absolute atomic E-state index is 5.93. The van der Waals surface area contributed by atoms with E-state index in [0.717, 1.165) is 19.3 Å². The van der Waals surface area contributed by atoms with Crippen LogP contribution in [-0.2, 0) is 35.5 Å². The van der Waals surface area contributed by atoms with Crippen molar-refractivity contribution in [1.82, 2.24) is 0 Å². The molecule has 0 amide bonds. The molecular weight excluding hydrogens is 739 g/mol. The second-order valence-corrected chi connectivity index (χ2v) is 31.4. The Morgan fingerprint density at radius 2 is 1.16 bits per heavy atom. The fourth-order valence-corrected chi connectivity index (χ4v) is 25.0. The van der Waals surface area contributed by atoms with Crippen molar-refractivity contribution in [2.24, 2.45) is 11.3 Å². The minimum absolute atomic E-state index is 0. The zero-order valence-corrected chi connectivity index (χ0v) is 37.5. The predicted molar refractivity (Wildman–Crippen MR) is 229 cm³/mol. The van der Waals surface area contributed by atoms with E-state index in [1.54, 1.807) is 6.55 Å². The van der Waals surface area contributed by atoms with Crippen molar-refractivity contribution < 1.29 is 18.3 Å². The van der Waals surface area contributed by atoms with Gasteiger partial charge < -0.3 is 0 Å². The Hall–Kier alpha value is -2.31. The van der Waals surface area contributed by atoms with Crippen LogP contribution in [-0.4, -0.2) is 4.21 Å². The second kappa shape index (κ2) is 14.2. The Labute approximate surface area is 323 Å². The molecule has 0 aliphatic heterocycles. The van der Waals surface area contributed by atoms with Gasteiger partial charge in [-0.25, -0.2) is 0 Å². The van der Waals surface area contributed by atoms with E-state index in [9.17, 15) is 0 Å². The van der Waals surface area contributed by atoms with Gasteiger partial charge in [0, 0.05) is 0 Å². The first-order valence-corrected chi connectivity index (χ1v) is 25.4. The number of allylic oxidation sites excluding steroid dienone is 4. The van der Waals surface area contributed by atoms with E-state index in [4.69, 9.17) is 4.21 Å². The zero-order valence-electron chi connectivity index (χ0n) is 33.4. The summed E-state index contributed by atoms with van der Waals surface area (Å²) in [6, 6.07) is 31.8. The van der Waals surface area contributed by atoms with Gasteiger partial charge in [0.2, 0.25) is 0 Å². The molecule has 3 heteroatoms. The van der Waals surface area contributed by atoms with Crippen molar-refractivity contribution in [3.8, 4) is 11.1 Å². The first kappa shape index (κ1) is 41.4. The SMILES string of the molecule is Cl.Cl.[CH2]=[Zr]([C]1=CC(C(C)(C)C)=CC1CCC)([c]1ccc(C)cc1)([c]1ccc(C)cc1)[c]1cc(C(C)(C)C)cc2c1Cc1ccc(C(C)(C)C)cc1-2. The van der Waals surface area contributed by atoms with Crippen LogP contribution in [0.3, 0.4) is 0 Å². The summed E-state index contributed by atoms with van der Waals surface area (Å²) < 4.78 is 12.0. The Morgan fingerprint density at radius 3 is 1.63 bits per heavy atom. The van der Waals surface area contributed by atoms with E-state index in [2.05, 4.69) is 174 Å². The maximum atomic E-state index is 5.93. The summed E-state index contributed by atoms with van der Waals surface area (Å²) in [5, 5.41) is 0. The van der Waals surface area contributed by atoms with Gasteiger partial charge in [-0.15, -0.1) is 24.8 Å². The molecular formula is C48H62Cl2Zr. The molecule has 0 nitrogen and oxygen atoms in total.